The predicted octanol–water partition coefficient (Wildman–Crippen LogP) is 1.92. The van der Waals surface area contributed by atoms with Crippen LogP contribution in [0, 0.1) is 0 Å². The topological polar surface area (TPSA) is 92.3 Å². The lowest BCUT2D eigenvalue weighted by Crippen LogP contribution is -2.46. The summed E-state index contributed by atoms with van der Waals surface area (Å²) in [4.78, 5) is 21.5. The first kappa shape index (κ1) is 19.2. The molecule has 0 heterocycles. The quantitative estimate of drug-likeness (QED) is 0.620. The molecule has 1 atom stereocenters. The van der Waals surface area contributed by atoms with E-state index in [1.165, 1.54) is 0 Å². The van der Waals surface area contributed by atoms with E-state index in [4.69, 9.17) is 0 Å². The summed E-state index contributed by atoms with van der Waals surface area (Å²) in [6, 6.07) is 3.58. The zero-order chi connectivity index (χ0) is 18.1. The fourth-order valence-corrected chi connectivity index (χ4v) is 2.34. The molecular formula is C11H9ClF4N2O4S. The summed E-state index contributed by atoms with van der Waals surface area (Å²) in [5.41, 5.74) is -0.330. The summed E-state index contributed by atoms with van der Waals surface area (Å²) in [6.07, 6.45) is -5.63. The SMILES string of the molecule is CC(=O)NS(=O)(=O)c1ccc(NC(=O)[C@@](F)(Cl)C(F)(F)F)cc1. The van der Waals surface area contributed by atoms with Crippen molar-refractivity contribution in [2.45, 2.75) is 23.1 Å². The summed E-state index contributed by atoms with van der Waals surface area (Å²) in [5.74, 6) is -3.03. The Balaban J connectivity index is 2.95. The van der Waals surface area contributed by atoms with Gasteiger partial charge in [0.1, 0.15) is 0 Å². The molecule has 23 heavy (non-hydrogen) atoms. The van der Waals surface area contributed by atoms with Gasteiger partial charge in [-0.2, -0.15) is 13.2 Å². The van der Waals surface area contributed by atoms with Crippen molar-refractivity contribution < 1.29 is 35.6 Å². The second-order valence-electron chi connectivity index (χ2n) is 4.21. The van der Waals surface area contributed by atoms with Crippen LogP contribution in [0.3, 0.4) is 0 Å². The third-order valence-corrected chi connectivity index (χ3v) is 4.18. The molecule has 1 rings (SSSR count). The summed E-state index contributed by atoms with van der Waals surface area (Å²) >= 11 is 4.53. The minimum Gasteiger partial charge on any atom is -0.322 e. The molecule has 0 aromatic heterocycles. The number of anilines is 1. The summed E-state index contributed by atoms with van der Waals surface area (Å²) in [7, 11) is -4.15. The maximum atomic E-state index is 13.2. The van der Waals surface area contributed by atoms with Gasteiger partial charge in [-0.1, -0.05) is 11.6 Å². The Morgan fingerprint density at radius 1 is 1.09 bits per heavy atom. The van der Waals surface area contributed by atoms with Gasteiger partial charge in [0.05, 0.1) is 4.90 Å². The second kappa shape index (κ2) is 6.32. The van der Waals surface area contributed by atoms with E-state index < -0.39 is 33.1 Å². The highest BCUT2D eigenvalue weighted by Crippen LogP contribution is 2.38. The molecular weight excluding hydrogens is 368 g/mol. The fourth-order valence-electron chi connectivity index (χ4n) is 1.30. The Hall–Kier alpha value is -1.88. The van der Waals surface area contributed by atoms with Gasteiger partial charge < -0.3 is 5.32 Å². The van der Waals surface area contributed by atoms with E-state index in [2.05, 4.69) is 11.6 Å². The molecule has 128 valence electrons. The number of hydrogen-bond donors (Lipinski definition) is 2. The second-order valence-corrected chi connectivity index (χ2v) is 6.42. The standard InChI is InChI=1S/C11H9ClF4N2O4S/c1-6(19)18-23(21,22)8-4-2-7(3-5-8)17-9(20)10(12,13)11(14,15)16/h2-5H,1H3,(H,17,20)(H,18,19)/t10-/m0/s1. The van der Waals surface area contributed by atoms with Gasteiger partial charge in [0, 0.05) is 12.6 Å². The minimum atomic E-state index is -5.63. The number of carbonyl (C=O) groups excluding carboxylic acids is 2. The zero-order valence-electron chi connectivity index (χ0n) is 11.2. The van der Waals surface area contributed by atoms with E-state index in [-0.39, 0.29) is 10.6 Å². The Bertz CT molecular complexity index is 717. The molecule has 2 amide bonds. The molecule has 0 saturated heterocycles. The van der Waals surface area contributed by atoms with Gasteiger partial charge in [0.15, 0.2) is 0 Å². The van der Waals surface area contributed by atoms with Crippen molar-refractivity contribution in [3.63, 3.8) is 0 Å². The van der Waals surface area contributed by atoms with Crippen LogP contribution in [0.5, 0.6) is 0 Å². The number of benzene rings is 1. The largest absolute Gasteiger partial charge is 0.446 e. The Morgan fingerprint density at radius 2 is 1.57 bits per heavy atom. The smallest absolute Gasteiger partial charge is 0.322 e. The van der Waals surface area contributed by atoms with Crippen molar-refractivity contribution >= 4 is 39.1 Å². The van der Waals surface area contributed by atoms with Crippen molar-refractivity contribution in [1.82, 2.24) is 4.72 Å². The molecule has 1 aromatic rings. The highest BCUT2D eigenvalue weighted by Gasteiger charge is 2.61. The van der Waals surface area contributed by atoms with Crippen LogP contribution in [0.1, 0.15) is 6.92 Å². The Labute approximate surface area is 132 Å². The highest BCUT2D eigenvalue weighted by atomic mass is 35.5. The number of amides is 2. The third-order valence-electron chi connectivity index (χ3n) is 2.34. The predicted molar refractivity (Wildman–Crippen MR) is 71.8 cm³/mol. The van der Waals surface area contributed by atoms with Crippen LogP contribution in [0.15, 0.2) is 29.2 Å². The van der Waals surface area contributed by atoms with Crippen LogP contribution in [-0.2, 0) is 19.6 Å². The number of sulfonamides is 1. The van der Waals surface area contributed by atoms with Gasteiger partial charge in [-0.25, -0.2) is 17.5 Å². The van der Waals surface area contributed by atoms with Gasteiger partial charge in [-0.15, -0.1) is 0 Å². The molecule has 0 spiro atoms. The number of nitrogens with one attached hydrogen (secondary N) is 2. The maximum absolute atomic E-state index is 13.2. The normalized spacial score (nSPS) is 14.7. The van der Waals surface area contributed by atoms with E-state index in [0.717, 1.165) is 31.2 Å². The van der Waals surface area contributed by atoms with Gasteiger partial charge in [-0.05, 0) is 24.3 Å². The summed E-state index contributed by atoms with van der Waals surface area (Å²) < 4.78 is 74.8. The van der Waals surface area contributed by atoms with Gasteiger partial charge in [-0.3, -0.25) is 9.59 Å². The van der Waals surface area contributed by atoms with Crippen LogP contribution in [-0.4, -0.2) is 31.5 Å². The van der Waals surface area contributed by atoms with E-state index in [9.17, 15) is 35.6 Å². The van der Waals surface area contributed by atoms with Crippen molar-refractivity contribution in [3.05, 3.63) is 24.3 Å². The molecule has 0 fully saturated rings. The van der Waals surface area contributed by atoms with Crippen molar-refractivity contribution in [3.8, 4) is 0 Å². The number of alkyl halides is 5. The Kier molecular flexibility index (Phi) is 5.27. The van der Waals surface area contributed by atoms with E-state index in [1.807, 2.05) is 0 Å². The Morgan fingerprint density at radius 3 is 1.96 bits per heavy atom. The van der Waals surface area contributed by atoms with Gasteiger partial charge in [0.25, 0.3) is 15.9 Å². The van der Waals surface area contributed by atoms with Crippen LogP contribution in [0.2, 0.25) is 0 Å². The van der Waals surface area contributed by atoms with Crippen molar-refractivity contribution in [1.29, 1.82) is 0 Å². The number of rotatable bonds is 4. The molecule has 0 aliphatic rings. The zero-order valence-corrected chi connectivity index (χ0v) is 12.8. The molecule has 6 nitrogen and oxygen atoms in total. The van der Waals surface area contributed by atoms with Gasteiger partial charge >= 0.3 is 11.3 Å². The molecule has 0 unspecified atom stereocenters. The molecule has 0 bridgehead atoms. The lowest BCUT2D eigenvalue weighted by Gasteiger charge is -2.20. The average Bonchev–Trinajstić information content (AvgIpc) is 2.36. The lowest BCUT2D eigenvalue weighted by molar-refractivity contribution is -0.197. The minimum absolute atomic E-state index is 0.330. The lowest BCUT2D eigenvalue weighted by atomic mass is 10.3. The van der Waals surface area contributed by atoms with E-state index in [0.29, 0.717) is 0 Å². The molecule has 0 radical (unpaired) electrons. The van der Waals surface area contributed by atoms with Crippen molar-refractivity contribution in [2.75, 3.05) is 5.32 Å². The summed E-state index contributed by atoms with van der Waals surface area (Å²) in [6.45, 7) is 0.963. The molecule has 12 heteroatoms. The molecule has 0 saturated carbocycles. The van der Waals surface area contributed by atoms with E-state index >= 15 is 0 Å². The third kappa shape index (κ3) is 4.55. The highest BCUT2D eigenvalue weighted by molar-refractivity contribution is 7.90. The monoisotopic (exact) mass is 376 g/mol. The number of carbonyl (C=O) groups is 2. The fraction of sp³-hybridized carbons (Fsp3) is 0.273. The first-order valence-corrected chi connectivity index (χ1v) is 7.53. The first-order valence-electron chi connectivity index (χ1n) is 5.67. The molecule has 2 N–H and O–H groups in total. The van der Waals surface area contributed by atoms with Crippen LogP contribution in [0.4, 0.5) is 23.2 Å². The summed E-state index contributed by atoms with van der Waals surface area (Å²) in [5, 5.41) is -3.07. The average molecular weight is 377 g/mol. The van der Waals surface area contributed by atoms with Crippen LogP contribution >= 0.6 is 11.6 Å². The number of halogens is 5. The number of hydrogen-bond acceptors (Lipinski definition) is 4. The maximum Gasteiger partial charge on any atom is 0.446 e. The van der Waals surface area contributed by atoms with Crippen LogP contribution < -0.4 is 10.0 Å². The van der Waals surface area contributed by atoms with Gasteiger partial charge in [0.2, 0.25) is 5.91 Å². The van der Waals surface area contributed by atoms with Crippen molar-refractivity contribution in [2.24, 2.45) is 0 Å². The first-order chi connectivity index (χ1) is 10.3. The van der Waals surface area contributed by atoms with Crippen LogP contribution in [0.25, 0.3) is 0 Å². The molecule has 0 aliphatic carbocycles. The molecule has 0 aliphatic heterocycles. The van der Waals surface area contributed by atoms with E-state index in [1.54, 1.807) is 10.0 Å². The molecule has 1 aromatic carbocycles.